The first-order valence-corrected chi connectivity index (χ1v) is 8.83. The van der Waals surface area contributed by atoms with E-state index in [4.69, 9.17) is 9.47 Å². The summed E-state index contributed by atoms with van der Waals surface area (Å²) in [6, 6.07) is 9.54. The number of aryl methyl sites for hydroxylation is 1. The van der Waals surface area contributed by atoms with Gasteiger partial charge in [0.2, 0.25) is 0 Å². The summed E-state index contributed by atoms with van der Waals surface area (Å²) < 4.78 is 25.6. The summed E-state index contributed by atoms with van der Waals surface area (Å²) in [5, 5.41) is 3.54. The quantitative estimate of drug-likeness (QED) is 0.814. The van der Waals surface area contributed by atoms with Crippen LogP contribution in [0.2, 0.25) is 0 Å². The lowest BCUT2D eigenvalue weighted by Crippen LogP contribution is -2.30. The Morgan fingerprint density at radius 1 is 1.17 bits per heavy atom. The fourth-order valence-corrected chi connectivity index (χ4v) is 3.58. The van der Waals surface area contributed by atoms with Crippen LogP contribution in [-0.2, 0) is 12.8 Å². The fourth-order valence-electron chi connectivity index (χ4n) is 3.25. The number of hydrogen-bond donors (Lipinski definition) is 1. The van der Waals surface area contributed by atoms with Crippen molar-refractivity contribution in [3.63, 3.8) is 0 Å². The fraction of sp³-hybridized carbons (Fsp3) is 0.368. The Morgan fingerprint density at radius 3 is 2.62 bits per heavy atom. The summed E-state index contributed by atoms with van der Waals surface area (Å²) in [5.41, 5.74) is 3.23. The van der Waals surface area contributed by atoms with E-state index in [1.54, 1.807) is 14.2 Å². The van der Waals surface area contributed by atoms with Crippen molar-refractivity contribution in [2.75, 3.05) is 20.8 Å². The highest BCUT2D eigenvalue weighted by Gasteiger charge is 2.22. The van der Waals surface area contributed by atoms with Gasteiger partial charge >= 0.3 is 0 Å². The summed E-state index contributed by atoms with van der Waals surface area (Å²) in [6.07, 6.45) is 2.48. The molecule has 0 saturated carbocycles. The molecule has 0 bridgehead atoms. The van der Waals surface area contributed by atoms with E-state index in [0.29, 0.717) is 6.42 Å². The van der Waals surface area contributed by atoms with Gasteiger partial charge in [-0.3, -0.25) is 0 Å². The van der Waals surface area contributed by atoms with Crippen LogP contribution in [0.4, 0.5) is 4.39 Å². The van der Waals surface area contributed by atoms with Crippen molar-refractivity contribution in [2.45, 2.75) is 25.3 Å². The first-order valence-electron chi connectivity index (χ1n) is 8.04. The molecule has 3 rings (SSSR count). The van der Waals surface area contributed by atoms with Crippen LogP contribution in [0, 0.1) is 5.82 Å². The van der Waals surface area contributed by atoms with E-state index in [9.17, 15) is 4.39 Å². The lowest BCUT2D eigenvalue weighted by molar-refractivity contribution is 0.351. The smallest absolute Gasteiger partial charge is 0.161 e. The molecule has 1 aliphatic heterocycles. The van der Waals surface area contributed by atoms with Gasteiger partial charge in [-0.25, -0.2) is 4.39 Å². The lowest BCUT2D eigenvalue weighted by atomic mass is 9.90. The summed E-state index contributed by atoms with van der Waals surface area (Å²) in [7, 11) is 3.30. The molecule has 0 amide bonds. The standard InChI is InChI=1S/C19H21BrFNO2/c1-23-18-9-13-7-8-22-17(15(13)11-19(18)24-2)6-4-12-3-5-14(20)10-16(12)21/h3,5,9-11,17,22H,4,6-8H2,1-2H3/t17-/m0/s1. The summed E-state index contributed by atoms with van der Waals surface area (Å²) in [5.74, 6) is 1.34. The highest BCUT2D eigenvalue weighted by atomic mass is 79.9. The molecule has 1 atom stereocenters. The van der Waals surface area contributed by atoms with Crippen LogP contribution in [0.5, 0.6) is 11.5 Å². The maximum atomic E-state index is 14.0. The minimum atomic E-state index is -0.160. The molecular weight excluding hydrogens is 373 g/mol. The van der Waals surface area contributed by atoms with E-state index in [2.05, 4.69) is 27.3 Å². The number of methoxy groups -OCH3 is 2. The maximum Gasteiger partial charge on any atom is 0.161 e. The van der Waals surface area contributed by atoms with Crippen LogP contribution in [-0.4, -0.2) is 20.8 Å². The minimum absolute atomic E-state index is 0.160. The highest BCUT2D eigenvalue weighted by Crippen LogP contribution is 2.36. The SMILES string of the molecule is COc1cc2c(cc1OC)[C@H](CCc1ccc(Br)cc1F)NCC2. The van der Waals surface area contributed by atoms with Gasteiger partial charge in [-0.1, -0.05) is 22.0 Å². The molecule has 0 radical (unpaired) electrons. The molecule has 0 unspecified atom stereocenters. The normalized spacial score (nSPS) is 16.6. The van der Waals surface area contributed by atoms with Gasteiger partial charge in [0, 0.05) is 10.5 Å². The van der Waals surface area contributed by atoms with E-state index in [-0.39, 0.29) is 11.9 Å². The predicted molar refractivity (Wildman–Crippen MR) is 96.4 cm³/mol. The average Bonchev–Trinajstić information content (AvgIpc) is 2.59. The van der Waals surface area contributed by atoms with Gasteiger partial charge in [-0.15, -0.1) is 0 Å². The van der Waals surface area contributed by atoms with Crippen LogP contribution in [0.3, 0.4) is 0 Å². The number of halogens is 2. The summed E-state index contributed by atoms with van der Waals surface area (Å²) in [4.78, 5) is 0. The number of fused-ring (bicyclic) bond motifs is 1. The Balaban J connectivity index is 1.81. The van der Waals surface area contributed by atoms with Gasteiger partial charge in [0.15, 0.2) is 11.5 Å². The average molecular weight is 394 g/mol. The number of hydrogen-bond acceptors (Lipinski definition) is 3. The Hall–Kier alpha value is -1.59. The number of ether oxygens (including phenoxy) is 2. The van der Waals surface area contributed by atoms with E-state index in [0.717, 1.165) is 40.9 Å². The van der Waals surface area contributed by atoms with E-state index >= 15 is 0 Å². The van der Waals surface area contributed by atoms with Gasteiger partial charge in [-0.05, 0) is 66.8 Å². The molecule has 0 aromatic heterocycles. The summed E-state index contributed by atoms with van der Waals surface area (Å²) in [6.45, 7) is 0.913. The number of nitrogens with one attached hydrogen (secondary N) is 1. The topological polar surface area (TPSA) is 30.5 Å². The van der Waals surface area contributed by atoms with Crippen LogP contribution >= 0.6 is 15.9 Å². The second-order valence-corrected chi connectivity index (χ2v) is 6.85. The third-order valence-corrected chi connectivity index (χ3v) is 5.02. The van der Waals surface area contributed by atoms with Crippen molar-refractivity contribution >= 4 is 15.9 Å². The third-order valence-electron chi connectivity index (χ3n) is 4.52. The molecule has 0 fully saturated rings. The zero-order chi connectivity index (χ0) is 17.1. The van der Waals surface area contributed by atoms with Crippen molar-refractivity contribution in [1.29, 1.82) is 0 Å². The second kappa shape index (κ2) is 7.53. The van der Waals surface area contributed by atoms with E-state index < -0.39 is 0 Å². The van der Waals surface area contributed by atoms with Crippen LogP contribution in [0.25, 0.3) is 0 Å². The second-order valence-electron chi connectivity index (χ2n) is 5.94. The Labute approximate surface area is 150 Å². The Morgan fingerprint density at radius 2 is 1.92 bits per heavy atom. The summed E-state index contributed by atoms with van der Waals surface area (Å²) >= 11 is 3.30. The van der Waals surface area contributed by atoms with Crippen molar-refractivity contribution in [1.82, 2.24) is 5.32 Å². The van der Waals surface area contributed by atoms with Gasteiger partial charge in [0.05, 0.1) is 14.2 Å². The zero-order valence-corrected chi connectivity index (χ0v) is 15.5. The van der Waals surface area contributed by atoms with Crippen molar-refractivity contribution in [3.05, 3.63) is 57.3 Å². The van der Waals surface area contributed by atoms with Crippen molar-refractivity contribution in [3.8, 4) is 11.5 Å². The molecule has 0 aliphatic carbocycles. The first-order chi connectivity index (χ1) is 11.6. The molecule has 128 valence electrons. The van der Waals surface area contributed by atoms with Gasteiger partial charge in [-0.2, -0.15) is 0 Å². The molecule has 0 saturated heterocycles. The molecule has 0 spiro atoms. The van der Waals surface area contributed by atoms with E-state index in [1.165, 1.54) is 17.2 Å². The first kappa shape index (κ1) is 17.2. The minimum Gasteiger partial charge on any atom is -0.493 e. The number of benzene rings is 2. The van der Waals surface area contributed by atoms with Crippen molar-refractivity contribution in [2.24, 2.45) is 0 Å². The number of rotatable bonds is 5. The Kier molecular flexibility index (Phi) is 5.41. The molecule has 1 heterocycles. The van der Waals surface area contributed by atoms with Crippen LogP contribution in [0.15, 0.2) is 34.8 Å². The van der Waals surface area contributed by atoms with Gasteiger partial charge in [0.1, 0.15) is 5.82 Å². The monoisotopic (exact) mass is 393 g/mol. The van der Waals surface area contributed by atoms with Crippen molar-refractivity contribution < 1.29 is 13.9 Å². The van der Waals surface area contributed by atoms with Gasteiger partial charge in [0.25, 0.3) is 0 Å². The largest absolute Gasteiger partial charge is 0.493 e. The lowest BCUT2D eigenvalue weighted by Gasteiger charge is -2.28. The Bertz CT molecular complexity index is 736. The molecular formula is C19H21BrFNO2. The predicted octanol–water partition coefficient (Wildman–Crippen LogP) is 4.43. The molecule has 2 aromatic carbocycles. The molecule has 2 aromatic rings. The van der Waals surface area contributed by atoms with Crippen LogP contribution in [0.1, 0.15) is 29.2 Å². The molecule has 1 N–H and O–H groups in total. The third kappa shape index (κ3) is 3.57. The molecule has 24 heavy (non-hydrogen) atoms. The van der Waals surface area contributed by atoms with E-state index in [1.807, 2.05) is 18.2 Å². The van der Waals surface area contributed by atoms with Gasteiger partial charge < -0.3 is 14.8 Å². The zero-order valence-electron chi connectivity index (χ0n) is 13.9. The highest BCUT2D eigenvalue weighted by molar-refractivity contribution is 9.10. The maximum absolute atomic E-state index is 14.0. The molecule has 5 heteroatoms. The molecule has 1 aliphatic rings. The van der Waals surface area contributed by atoms with Crippen LogP contribution < -0.4 is 14.8 Å². The molecule has 3 nitrogen and oxygen atoms in total.